The standard InChI is InChI=1S/C14H13BrN6O5S/c1-2-21-13(11-12(16)20-26-19-11)17-18-14(21)27(22,23)5-7-3-9-10(4-8(7)15)25-6-24-9/h3-4H,2,5-6H2,1H3,(H2,16,20). The van der Waals surface area contributed by atoms with Crippen LogP contribution in [-0.2, 0) is 22.1 Å². The molecule has 3 aromatic rings. The Labute approximate surface area is 161 Å². The number of sulfone groups is 1. The van der Waals surface area contributed by atoms with Crippen molar-refractivity contribution < 1.29 is 22.5 Å². The van der Waals surface area contributed by atoms with E-state index in [-0.39, 0.29) is 41.6 Å². The Balaban J connectivity index is 1.73. The monoisotopic (exact) mass is 456 g/mol. The minimum Gasteiger partial charge on any atom is -0.454 e. The van der Waals surface area contributed by atoms with E-state index in [9.17, 15) is 8.42 Å². The molecule has 2 N–H and O–H groups in total. The molecule has 11 nitrogen and oxygen atoms in total. The minimum absolute atomic E-state index is 0.000404. The van der Waals surface area contributed by atoms with Crippen molar-refractivity contribution in [2.75, 3.05) is 12.5 Å². The third-order valence-electron chi connectivity index (χ3n) is 3.92. The molecule has 0 saturated heterocycles. The molecule has 0 aliphatic carbocycles. The average molecular weight is 457 g/mol. The van der Waals surface area contributed by atoms with E-state index in [0.717, 1.165) is 0 Å². The van der Waals surface area contributed by atoms with Crippen LogP contribution in [0.5, 0.6) is 11.5 Å². The molecule has 0 saturated carbocycles. The summed E-state index contributed by atoms with van der Waals surface area (Å²) in [5.41, 5.74) is 6.32. The van der Waals surface area contributed by atoms with Gasteiger partial charge < -0.3 is 15.2 Å². The van der Waals surface area contributed by atoms with Gasteiger partial charge >= 0.3 is 0 Å². The minimum atomic E-state index is -3.84. The number of halogens is 1. The number of rotatable bonds is 5. The van der Waals surface area contributed by atoms with Gasteiger partial charge in [0.2, 0.25) is 21.8 Å². The first-order valence-corrected chi connectivity index (χ1v) is 10.2. The van der Waals surface area contributed by atoms with E-state index in [1.807, 2.05) is 0 Å². The van der Waals surface area contributed by atoms with Gasteiger partial charge in [-0.1, -0.05) is 15.9 Å². The third kappa shape index (κ3) is 3.02. The van der Waals surface area contributed by atoms with Gasteiger partial charge in [0.05, 0.1) is 5.75 Å². The zero-order valence-corrected chi connectivity index (χ0v) is 16.3. The quantitative estimate of drug-likeness (QED) is 0.596. The highest BCUT2D eigenvalue weighted by Crippen LogP contribution is 2.38. The SMILES string of the molecule is CCn1c(-c2nonc2N)nnc1S(=O)(=O)Cc1cc2c(cc1Br)OCO2. The maximum atomic E-state index is 13.0. The molecule has 0 amide bonds. The Morgan fingerprint density at radius 3 is 2.63 bits per heavy atom. The molecule has 0 radical (unpaired) electrons. The summed E-state index contributed by atoms with van der Waals surface area (Å²) in [4.78, 5) is 0. The van der Waals surface area contributed by atoms with E-state index < -0.39 is 9.84 Å². The summed E-state index contributed by atoms with van der Waals surface area (Å²) in [6, 6.07) is 3.29. The van der Waals surface area contributed by atoms with Gasteiger partial charge in [0.1, 0.15) is 0 Å². The summed E-state index contributed by atoms with van der Waals surface area (Å²) < 4.78 is 43.1. The second kappa shape index (κ2) is 6.49. The first-order valence-electron chi connectivity index (χ1n) is 7.73. The summed E-state index contributed by atoms with van der Waals surface area (Å²) in [5.74, 6) is 0.896. The molecular formula is C14H13BrN6O5S. The summed E-state index contributed by atoms with van der Waals surface area (Å²) in [6.07, 6.45) is 0. The molecule has 0 bridgehead atoms. The number of nitrogen functional groups attached to an aromatic ring is 1. The van der Waals surface area contributed by atoms with Crippen LogP contribution in [-0.4, -0.2) is 40.3 Å². The lowest BCUT2D eigenvalue weighted by atomic mass is 10.2. The van der Waals surface area contributed by atoms with Crippen molar-refractivity contribution in [1.82, 2.24) is 25.1 Å². The highest BCUT2D eigenvalue weighted by molar-refractivity contribution is 9.10. The van der Waals surface area contributed by atoms with Crippen molar-refractivity contribution in [1.29, 1.82) is 0 Å². The highest BCUT2D eigenvalue weighted by atomic mass is 79.9. The second-order valence-corrected chi connectivity index (χ2v) is 8.34. The third-order valence-corrected chi connectivity index (χ3v) is 6.21. The van der Waals surface area contributed by atoms with E-state index in [2.05, 4.69) is 41.1 Å². The van der Waals surface area contributed by atoms with E-state index in [0.29, 0.717) is 21.5 Å². The van der Waals surface area contributed by atoms with Gasteiger partial charge in [-0.3, -0.25) is 4.57 Å². The molecule has 1 aromatic carbocycles. The Bertz CT molecular complexity index is 1130. The highest BCUT2D eigenvalue weighted by Gasteiger charge is 2.29. The number of fused-ring (bicyclic) bond motifs is 1. The zero-order valence-electron chi connectivity index (χ0n) is 13.9. The largest absolute Gasteiger partial charge is 0.454 e. The Morgan fingerprint density at radius 2 is 1.96 bits per heavy atom. The number of hydrogen-bond donors (Lipinski definition) is 1. The van der Waals surface area contributed by atoms with Crippen LogP contribution in [0.3, 0.4) is 0 Å². The van der Waals surface area contributed by atoms with E-state index in [1.54, 1.807) is 19.1 Å². The molecule has 1 aliphatic rings. The Hall–Kier alpha value is -2.67. The topological polar surface area (TPSA) is 148 Å². The molecule has 142 valence electrons. The maximum Gasteiger partial charge on any atom is 0.250 e. The number of hydrogen-bond acceptors (Lipinski definition) is 10. The van der Waals surface area contributed by atoms with E-state index in [4.69, 9.17) is 15.2 Å². The Morgan fingerprint density at radius 1 is 1.22 bits per heavy atom. The van der Waals surface area contributed by atoms with Crippen LogP contribution in [0.2, 0.25) is 0 Å². The fourth-order valence-electron chi connectivity index (χ4n) is 2.67. The molecule has 27 heavy (non-hydrogen) atoms. The summed E-state index contributed by atoms with van der Waals surface area (Å²) >= 11 is 3.37. The number of nitrogens with two attached hydrogens (primary N) is 1. The molecule has 13 heteroatoms. The lowest BCUT2D eigenvalue weighted by molar-refractivity contribution is 0.174. The van der Waals surface area contributed by atoms with Gasteiger partial charge in [0.25, 0.3) is 0 Å². The number of anilines is 1. The molecule has 0 atom stereocenters. The number of aromatic nitrogens is 5. The van der Waals surface area contributed by atoms with Crippen molar-refractivity contribution in [2.45, 2.75) is 24.4 Å². The van der Waals surface area contributed by atoms with Crippen LogP contribution in [0.4, 0.5) is 5.82 Å². The lowest BCUT2D eigenvalue weighted by Gasteiger charge is -2.09. The van der Waals surface area contributed by atoms with Gasteiger partial charge in [0, 0.05) is 11.0 Å². The van der Waals surface area contributed by atoms with E-state index in [1.165, 1.54) is 4.57 Å². The predicted octanol–water partition coefficient (Wildman–Crippen LogP) is 1.40. The number of ether oxygens (including phenoxy) is 2. The predicted molar refractivity (Wildman–Crippen MR) is 94.6 cm³/mol. The smallest absolute Gasteiger partial charge is 0.250 e. The van der Waals surface area contributed by atoms with Crippen LogP contribution in [0.25, 0.3) is 11.5 Å². The van der Waals surface area contributed by atoms with Crippen molar-refractivity contribution in [2.24, 2.45) is 0 Å². The number of benzene rings is 1. The van der Waals surface area contributed by atoms with Crippen LogP contribution in [0.15, 0.2) is 26.4 Å². The fraction of sp³-hybridized carbons (Fsp3) is 0.286. The van der Waals surface area contributed by atoms with Crippen molar-refractivity contribution >= 4 is 31.6 Å². The molecule has 0 spiro atoms. The first-order chi connectivity index (χ1) is 12.9. The summed E-state index contributed by atoms with van der Waals surface area (Å²) in [7, 11) is -3.84. The van der Waals surface area contributed by atoms with Gasteiger partial charge in [-0.05, 0) is 34.9 Å². The van der Waals surface area contributed by atoms with Crippen LogP contribution in [0, 0.1) is 0 Å². The molecule has 3 heterocycles. The molecule has 2 aromatic heterocycles. The van der Waals surface area contributed by atoms with Crippen molar-refractivity contribution in [3.8, 4) is 23.0 Å². The van der Waals surface area contributed by atoms with Gasteiger partial charge in [-0.2, -0.15) is 0 Å². The Kier molecular flexibility index (Phi) is 4.26. The molecule has 0 fully saturated rings. The maximum absolute atomic E-state index is 13.0. The second-order valence-electron chi connectivity index (χ2n) is 5.60. The van der Waals surface area contributed by atoms with Crippen molar-refractivity contribution in [3.63, 3.8) is 0 Å². The zero-order chi connectivity index (χ0) is 19.2. The van der Waals surface area contributed by atoms with Crippen LogP contribution in [0.1, 0.15) is 12.5 Å². The molecular weight excluding hydrogens is 444 g/mol. The van der Waals surface area contributed by atoms with Gasteiger partial charge in [-0.25, -0.2) is 13.0 Å². The summed E-state index contributed by atoms with van der Waals surface area (Å²) in [5, 5.41) is 14.7. The number of nitrogens with zero attached hydrogens (tertiary/aromatic N) is 5. The summed E-state index contributed by atoms with van der Waals surface area (Å²) in [6.45, 7) is 2.14. The molecule has 0 unspecified atom stereocenters. The van der Waals surface area contributed by atoms with Crippen molar-refractivity contribution in [3.05, 3.63) is 22.2 Å². The lowest BCUT2D eigenvalue weighted by Crippen LogP contribution is -2.13. The average Bonchev–Trinajstić information content (AvgIpc) is 3.33. The van der Waals surface area contributed by atoms with Gasteiger partial charge in [0.15, 0.2) is 28.8 Å². The van der Waals surface area contributed by atoms with Gasteiger partial charge in [-0.15, -0.1) is 10.2 Å². The normalized spacial score (nSPS) is 13.3. The van der Waals surface area contributed by atoms with E-state index >= 15 is 0 Å². The first kappa shape index (κ1) is 17.7. The van der Waals surface area contributed by atoms with Crippen LogP contribution < -0.4 is 15.2 Å². The molecule has 1 aliphatic heterocycles. The van der Waals surface area contributed by atoms with Crippen LogP contribution >= 0.6 is 15.9 Å². The molecule has 4 rings (SSSR count). The fourth-order valence-corrected chi connectivity index (χ4v) is 4.81.